The third-order valence-electron chi connectivity index (χ3n) is 3.16. The summed E-state index contributed by atoms with van der Waals surface area (Å²) in [6.07, 6.45) is 0.676. The molecule has 0 radical (unpaired) electrons. The molecule has 0 fully saturated rings. The number of benzene rings is 1. The van der Waals surface area contributed by atoms with Crippen molar-refractivity contribution < 1.29 is 9.90 Å². The Kier molecular flexibility index (Phi) is 5.36. The van der Waals surface area contributed by atoms with Gasteiger partial charge in [-0.25, -0.2) is 0 Å². The Morgan fingerprint density at radius 3 is 2.53 bits per heavy atom. The lowest BCUT2D eigenvalue weighted by Gasteiger charge is -2.27. The highest BCUT2D eigenvalue weighted by molar-refractivity contribution is 6.00. The number of rotatable bonds is 6. The number of aliphatic hydroxyl groups excluding tert-OH is 1. The maximum atomic E-state index is 12.3. The molecular weight excluding hydrogens is 240 g/mol. The van der Waals surface area contributed by atoms with Crippen LogP contribution in [0.1, 0.15) is 44.5 Å². The smallest absolute Gasteiger partial charge is 0.253 e. The van der Waals surface area contributed by atoms with Crippen LogP contribution in [0.25, 0.3) is 0 Å². The fourth-order valence-electron chi connectivity index (χ4n) is 1.70. The Morgan fingerprint density at radius 2 is 2.00 bits per heavy atom. The van der Waals surface area contributed by atoms with Gasteiger partial charge >= 0.3 is 0 Å². The first-order chi connectivity index (χ1) is 8.91. The van der Waals surface area contributed by atoms with E-state index in [2.05, 4.69) is 10.6 Å². The molecule has 4 nitrogen and oxygen atoms in total. The minimum absolute atomic E-state index is 0.0744. The van der Waals surface area contributed by atoms with Crippen LogP contribution >= 0.6 is 0 Å². The van der Waals surface area contributed by atoms with E-state index < -0.39 is 5.54 Å². The third kappa shape index (κ3) is 4.24. The van der Waals surface area contributed by atoms with Gasteiger partial charge in [-0.05, 0) is 39.3 Å². The molecule has 0 saturated carbocycles. The number of amides is 1. The number of para-hydroxylation sites is 1. The minimum Gasteiger partial charge on any atom is -0.394 e. The zero-order chi connectivity index (χ0) is 14.5. The third-order valence-corrected chi connectivity index (χ3v) is 3.16. The Labute approximate surface area is 115 Å². The van der Waals surface area contributed by atoms with E-state index >= 15 is 0 Å². The Balaban J connectivity index is 2.93. The van der Waals surface area contributed by atoms with Crippen molar-refractivity contribution in [3.63, 3.8) is 0 Å². The molecule has 0 aliphatic heterocycles. The quantitative estimate of drug-likeness (QED) is 0.739. The number of carbonyl (C=O) groups excluding carboxylic acids is 1. The van der Waals surface area contributed by atoms with E-state index in [0.29, 0.717) is 12.0 Å². The molecule has 1 atom stereocenters. The van der Waals surface area contributed by atoms with E-state index in [0.717, 1.165) is 5.69 Å². The molecule has 0 spiro atoms. The van der Waals surface area contributed by atoms with Crippen LogP contribution < -0.4 is 10.6 Å². The van der Waals surface area contributed by atoms with Crippen LogP contribution in [0.15, 0.2) is 24.3 Å². The lowest BCUT2D eigenvalue weighted by Crippen LogP contribution is -2.48. The van der Waals surface area contributed by atoms with Crippen molar-refractivity contribution in [2.45, 2.75) is 45.7 Å². The van der Waals surface area contributed by atoms with Crippen LogP contribution in [-0.2, 0) is 0 Å². The summed E-state index contributed by atoms with van der Waals surface area (Å²) in [5.74, 6) is -0.165. The molecule has 3 N–H and O–H groups in total. The second-order valence-electron chi connectivity index (χ2n) is 5.37. The Morgan fingerprint density at radius 1 is 1.37 bits per heavy atom. The zero-order valence-corrected chi connectivity index (χ0v) is 12.2. The molecule has 19 heavy (non-hydrogen) atoms. The van der Waals surface area contributed by atoms with Gasteiger partial charge in [-0.15, -0.1) is 0 Å². The summed E-state index contributed by atoms with van der Waals surface area (Å²) in [5, 5.41) is 15.5. The van der Waals surface area contributed by atoms with Gasteiger partial charge in [0.15, 0.2) is 0 Å². The molecule has 106 valence electrons. The number of anilines is 1. The van der Waals surface area contributed by atoms with Crippen LogP contribution in [0.3, 0.4) is 0 Å². The molecule has 1 amide bonds. The molecule has 0 saturated heterocycles. The van der Waals surface area contributed by atoms with E-state index in [1.54, 1.807) is 6.07 Å². The van der Waals surface area contributed by atoms with Crippen LogP contribution in [-0.4, -0.2) is 29.2 Å². The van der Waals surface area contributed by atoms with Crippen molar-refractivity contribution in [2.24, 2.45) is 0 Å². The summed E-state index contributed by atoms with van der Waals surface area (Å²) < 4.78 is 0. The molecule has 0 aliphatic rings. The van der Waals surface area contributed by atoms with Crippen LogP contribution in [0.4, 0.5) is 5.69 Å². The topological polar surface area (TPSA) is 61.4 Å². The van der Waals surface area contributed by atoms with Crippen molar-refractivity contribution in [1.29, 1.82) is 0 Å². The first-order valence-corrected chi connectivity index (χ1v) is 6.71. The van der Waals surface area contributed by atoms with Gasteiger partial charge in [-0.3, -0.25) is 4.79 Å². The predicted octanol–water partition coefficient (Wildman–Crippen LogP) is 2.40. The second-order valence-corrected chi connectivity index (χ2v) is 5.37. The zero-order valence-electron chi connectivity index (χ0n) is 12.2. The molecule has 1 aromatic carbocycles. The maximum absolute atomic E-state index is 12.3. The van der Waals surface area contributed by atoms with E-state index in [9.17, 15) is 9.90 Å². The number of nitrogens with one attached hydrogen (secondary N) is 2. The minimum atomic E-state index is -0.581. The molecule has 1 aromatic rings. The second kappa shape index (κ2) is 6.57. The van der Waals surface area contributed by atoms with Crippen LogP contribution in [0, 0.1) is 0 Å². The molecule has 1 unspecified atom stereocenters. The molecule has 4 heteroatoms. The fourth-order valence-corrected chi connectivity index (χ4v) is 1.70. The number of hydrogen-bond donors (Lipinski definition) is 3. The largest absolute Gasteiger partial charge is 0.394 e. The van der Waals surface area contributed by atoms with Crippen LogP contribution in [0.5, 0.6) is 0 Å². The lowest BCUT2D eigenvalue weighted by molar-refractivity contribution is 0.0848. The van der Waals surface area contributed by atoms with Crippen molar-refractivity contribution in [2.75, 3.05) is 11.9 Å². The summed E-state index contributed by atoms with van der Waals surface area (Å²) in [6, 6.07) is 7.66. The molecule has 0 aromatic heterocycles. The summed E-state index contributed by atoms with van der Waals surface area (Å²) in [4.78, 5) is 12.3. The van der Waals surface area contributed by atoms with Gasteiger partial charge in [0, 0.05) is 11.7 Å². The number of hydrogen-bond acceptors (Lipinski definition) is 3. The molecular formula is C15H24N2O2. The first-order valence-electron chi connectivity index (χ1n) is 6.71. The molecule has 0 aliphatic carbocycles. The van der Waals surface area contributed by atoms with E-state index in [4.69, 9.17) is 0 Å². The van der Waals surface area contributed by atoms with Gasteiger partial charge < -0.3 is 15.7 Å². The lowest BCUT2D eigenvalue weighted by atomic mass is 9.99. The van der Waals surface area contributed by atoms with Crippen LogP contribution in [0.2, 0.25) is 0 Å². The number of aliphatic hydroxyl groups is 1. The van der Waals surface area contributed by atoms with E-state index in [-0.39, 0.29) is 18.6 Å². The standard InChI is InChI=1S/C15H24N2O2/c1-5-15(4,10-18)17-14(19)12-8-6-7-9-13(12)16-11(2)3/h6-9,11,16,18H,5,10H2,1-4H3,(H,17,19). The van der Waals surface area contributed by atoms with Crippen molar-refractivity contribution in [1.82, 2.24) is 5.32 Å². The monoisotopic (exact) mass is 264 g/mol. The SMILES string of the molecule is CCC(C)(CO)NC(=O)c1ccccc1NC(C)C. The highest BCUT2D eigenvalue weighted by atomic mass is 16.3. The summed E-state index contributed by atoms with van der Waals surface area (Å²) >= 11 is 0. The van der Waals surface area contributed by atoms with E-state index in [1.807, 2.05) is 45.9 Å². The van der Waals surface area contributed by atoms with Crippen molar-refractivity contribution in [3.05, 3.63) is 29.8 Å². The Bertz CT molecular complexity index is 426. The van der Waals surface area contributed by atoms with Gasteiger partial charge in [0.25, 0.3) is 5.91 Å². The average Bonchev–Trinajstić information content (AvgIpc) is 2.38. The number of carbonyl (C=O) groups is 1. The van der Waals surface area contributed by atoms with Gasteiger partial charge in [-0.2, -0.15) is 0 Å². The van der Waals surface area contributed by atoms with Crippen molar-refractivity contribution >= 4 is 11.6 Å². The van der Waals surface area contributed by atoms with Gasteiger partial charge in [0.05, 0.1) is 17.7 Å². The van der Waals surface area contributed by atoms with Gasteiger partial charge in [-0.1, -0.05) is 19.1 Å². The Hall–Kier alpha value is -1.55. The fraction of sp³-hybridized carbons (Fsp3) is 0.533. The normalized spacial score (nSPS) is 14.0. The summed E-state index contributed by atoms with van der Waals surface area (Å²) in [6.45, 7) is 7.75. The molecule has 0 bridgehead atoms. The van der Waals surface area contributed by atoms with Gasteiger partial charge in [0.2, 0.25) is 0 Å². The van der Waals surface area contributed by atoms with E-state index in [1.165, 1.54) is 0 Å². The van der Waals surface area contributed by atoms with Crippen molar-refractivity contribution in [3.8, 4) is 0 Å². The summed E-state index contributed by atoms with van der Waals surface area (Å²) in [7, 11) is 0. The average molecular weight is 264 g/mol. The molecule has 1 rings (SSSR count). The molecule has 0 heterocycles. The highest BCUT2D eigenvalue weighted by Gasteiger charge is 2.24. The van der Waals surface area contributed by atoms with Gasteiger partial charge in [0.1, 0.15) is 0 Å². The highest BCUT2D eigenvalue weighted by Crippen LogP contribution is 2.18. The summed E-state index contributed by atoms with van der Waals surface area (Å²) in [5.41, 5.74) is 0.831. The first kappa shape index (κ1) is 15.5. The predicted molar refractivity (Wildman–Crippen MR) is 78.4 cm³/mol. The maximum Gasteiger partial charge on any atom is 0.253 e.